The number of methoxy groups -OCH3 is 1. The molecule has 1 saturated heterocycles. The van der Waals surface area contributed by atoms with Crippen LogP contribution in [0.4, 0.5) is 0 Å². The first-order valence-corrected chi connectivity index (χ1v) is 9.88. The molecule has 1 aliphatic rings. The fourth-order valence-electron chi connectivity index (χ4n) is 2.88. The van der Waals surface area contributed by atoms with E-state index in [1.807, 2.05) is 55.5 Å². The molecule has 0 bridgehead atoms. The summed E-state index contributed by atoms with van der Waals surface area (Å²) in [5.74, 6) is 0.784. The summed E-state index contributed by atoms with van der Waals surface area (Å²) in [5.41, 5.74) is 2.88. The summed E-state index contributed by atoms with van der Waals surface area (Å²) in [7, 11) is -1.76. The van der Waals surface area contributed by atoms with Gasteiger partial charge in [0, 0.05) is 13.1 Å². The second-order valence-corrected chi connectivity index (χ2v) is 8.20. The zero-order chi connectivity index (χ0) is 17.9. The Morgan fingerprint density at radius 2 is 1.80 bits per heavy atom. The van der Waals surface area contributed by atoms with Gasteiger partial charge in [-0.25, -0.2) is 8.42 Å². The van der Waals surface area contributed by atoms with Gasteiger partial charge in [-0.1, -0.05) is 42.0 Å². The summed E-state index contributed by atoms with van der Waals surface area (Å²) in [6.07, 6.45) is -0.257. The van der Waals surface area contributed by atoms with Gasteiger partial charge in [-0.3, -0.25) is 0 Å². The number of rotatable bonds is 5. The van der Waals surface area contributed by atoms with Crippen LogP contribution in [-0.4, -0.2) is 39.5 Å². The molecule has 0 spiro atoms. The van der Waals surface area contributed by atoms with Crippen LogP contribution in [0.25, 0.3) is 0 Å². The maximum Gasteiger partial charge on any atom is 0.218 e. The van der Waals surface area contributed by atoms with Crippen LogP contribution in [-0.2, 0) is 20.5 Å². The van der Waals surface area contributed by atoms with Crippen molar-refractivity contribution in [2.45, 2.75) is 18.8 Å². The van der Waals surface area contributed by atoms with Crippen molar-refractivity contribution >= 4 is 10.0 Å². The minimum atomic E-state index is -3.37. The molecule has 1 fully saturated rings. The van der Waals surface area contributed by atoms with E-state index in [-0.39, 0.29) is 11.9 Å². The third kappa shape index (κ3) is 4.39. The highest BCUT2D eigenvalue weighted by Crippen LogP contribution is 2.26. The summed E-state index contributed by atoms with van der Waals surface area (Å²) >= 11 is 0. The molecule has 0 aliphatic carbocycles. The van der Waals surface area contributed by atoms with Gasteiger partial charge in [-0.05, 0) is 30.2 Å². The average Bonchev–Trinajstić information content (AvgIpc) is 2.64. The van der Waals surface area contributed by atoms with Gasteiger partial charge in [0.25, 0.3) is 0 Å². The van der Waals surface area contributed by atoms with E-state index in [1.165, 1.54) is 4.31 Å². The molecule has 0 aromatic heterocycles. The van der Waals surface area contributed by atoms with Crippen LogP contribution in [0.1, 0.15) is 22.8 Å². The Morgan fingerprint density at radius 3 is 2.44 bits per heavy atom. The van der Waals surface area contributed by atoms with Crippen molar-refractivity contribution in [1.29, 1.82) is 0 Å². The molecule has 2 aromatic carbocycles. The van der Waals surface area contributed by atoms with Crippen molar-refractivity contribution in [3.8, 4) is 5.75 Å². The molecule has 1 aliphatic heterocycles. The number of nitrogens with zero attached hydrogens (tertiary/aromatic N) is 1. The molecule has 25 heavy (non-hydrogen) atoms. The van der Waals surface area contributed by atoms with Crippen molar-refractivity contribution in [2.24, 2.45) is 0 Å². The lowest BCUT2D eigenvalue weighted by Crippen LogP contribution is -2.42. The summed E-state index contributed by atoms with van der Waals surface area (Å²) in [4.78, 5) is 0. The topological polar surface area (TPSA) is 55.8 Å². The maximum absolute atomic E-state index is 12.8. The van der Waals surface area contributed by atoms with E-state index in [0.717, 1.165) is 22.4 Å². The van der Waals surface area contributed by atoms with Crippen LogP contribution in [0.15, 0.2) is 48.5 Å². The molecule has 0 amide bonds. The van der Waals surface area contributed by atoms with Crippen LogP contribution in [0, 0.1) is 6.92 Å². The number of hydrogen-bond acceptors (Lipinski definition) is 4. The van der Waals surface area contributed by atoms with Crippen molar-refractivity contribution in [3.63, 3.8) is 0 Å². The predicted molar refractivity (Wildman–Crippen MR) is 97.1 cm³/mol. The highest BCUT2D eigenvalue weighted by molar-refractivity contribution is 7.88. The van der Waals surface area contributed by atoms with Gasteiger partial charge < -0.3 is 9.47 Å². The van der Waals surface area contributed by atoms with Crippen molar-refractivity contribution in [2.75, 3.05) is 26.8 Å². The van der Waals surface area contributed by atoms with Crippen LogP contribution in [0.5, 0.6) is 5.75 Å². The van der Waals surface area contributed by atoms with Gasteiger partial charge in [-0.15, -0.1) is 0 Å². The van der Waals surface area contributed by atoms with E-state index < -0.39 is 10.0 Å². The standard InChI is InChI=1S/C19H23NO4S/c1-15-3-5-16(6-4-15)14-25(21,22)20-11-12-24-19(13-20)17-7-9-18(23-2)10-8-17/h3-10,19H,11-14H2,1-2H3. The largest absolute Gasteiger partial charge is 0.497 e. The lowest BCUT2D eigenvalue weighted by Gasteiger charge is -2.32. The number of morpholine rings is 1. The predicted octanol–water partition coefficient (Wildman–Crippen LogP) is 2.91. The molecule has 5 nitrogen and oxygen atoms in total. The Hall–Kier alpha value is -1.89. The van der Waals surface area contributed by atoms with Gasteiger partial charge in [-0.2, -0.15) is 4.31 Å². The first-order valence-electron chi connectivity index (χ1n) is 8.27. The molecular weight excluding hydrogens is 338 g/mol. The van der Waals surface area contributed by atoms with Gasteiger partial charge in [0.2, 0.25) is 10.0 Å². The minimum absolute atomic E-state index is 0.0165. The number of ether oxygens (including phenoxy) is 2. The van der Waals surface area contributed by atoms with Crippen molar-refractivity contribution in [3.05, 3.63) is 65.2 Å². The average molecular weight is 361 g/mol. The van der Waals surface area contributed by atoms with E-state index in [1.54, 1.807) is 7.11 Å². The molecule has 1 heterocycles. The van der Waals surface area contributed by atoms with E-state index in [9.17, 15) is 8.42 Å². The van der Waals surface area contributed by atoms with Crippen molar-refractivity contribution < 1.29 is 17.9 Å². The minimum Gasteiger partial charge on any atom is -0.497 e. The Morgan fingerprint density at radius 1 is 1.12 bits per heavy atom. The molecular formula is C19H23NO4S. The quantitative estimate of drug-likeness (QED) is 0.822. The van der Waals surface area contributed by atoms with E-state index in [0.29, 0.717) is 19.7 Å². The van der Waals surface area contributed by atoms with Crippen LogP contribution in [0.3, 0.4) is 0 Å². The zero-order valence-corrected chi connectivity index (χ0v) is 15.3. The molecule has 2 aromatic rings. The summed E-state index contributed by atoms with van der Waals surface area (Å²) < 4.78 is 38.0. The summed E-state index contributed by atoms with van der Waals surface area (Å²) in [6, 6.07) is 15.2. The highest BCUT2D eigenvalue weighted by Gasteiger charge is 2.30. The molecule has 1 atom stereocenters. The Kier molecular flexibility index (Phi) is 5.42. The zero-order valence-electron chi connectivity index (χ0n) is 14.5. The van der Waals surface area contributed by atoms with Gasteiger partial charge in [0.05, 0.1) is 25.6 Å². The molecule has 6 heteroatoms. The summed E-state index contributed by atoms with van der Waals surface area (Å²) in [6.45, 7) is 3.10. The Balaban J connectivity index is 1.71. The molecule has 1 unspecified atom stereocenters. The number of benzene rings is 2. The monoisotopic (exact) mass is 361 g/mol. The SMILES string of the molecule is COc1ccc(C2CN(S(=O)(=O)Cc3ccc(C)cc3)CCO2)cc1. The summed E-state index contributed by atoms with van der Waals surface area (Å²) in [5, 5.41) is 0. The molecule has 3 rings (SSSR count). The third-order valence-electron chi connectivity index (χ3n) is 4.38. The fraction of sp³-hybridized carbons (Fsp3) is 0.368. The smallest absolute Gasteiger partial charge is 0.218 e. The third-order valence-corrected chi connectivity index (χ3v) is 6.20. The van der Waals surface area contributed by atoms with Crippen LogP contribution >= 0.6 is 0 Å². The van der Waals surface area contributed by atoms with E-state index >= 15 is 0 Å². The van der Waals surface area contributed by atoms with Gasteiger partial charge in [0.1, 0.15) is 5.75 Å². The molecule has 0 radical (unpaired) electrons. The Labute approximate surface area is 149 Å². The van der Waals surface area contributed by atoms with Crippen molar-refractivity contribution in [1.82, 2.24) is 4.31 Å². The number of sulfonamides is 1. The van der Waals surface area contributed by atoms with Crippen LogP contribution < -0.4 is 4.74 Å². The normalized spacial score (nSPS) is 18.9. The molecule has 0 saturated carbocycles. The van der Waals surface area contributed by atoms with Crippen LogP contribution in [0.2, 0.25) is 0 Å². The number of hydrogen-bond donors (Lipinski definition) is 0. The first-order chi connectivity index (χ1) is 12.0. The first kappa shape index (κ1) is 17.9. The lowest BCUT2D eigenvalue weighted by atomic mass is 10.1. The second-order valence-electron chi connectivity index (χ2n) is 6.23. The maximum atomic E-state index is 12.8. The van der Waals surface area contributed by atoms with Gasteiger partial charge >= 0.3 is 0 Å². The fourth-order valence-corrected chi connectivity index (χ4v) is 4.40. The Bertz CT molecular complexity index is 800. The van der Waals surface area contributed by atoms with E-state index in [2.05, 4.69) is 0 Å². The lowest BCUT2D eigenvalue weighted by molar-refractivity contribution is -0.00262. The van der Waals surface area contributed by atoms with E-state index in [4.69, 9.17) is 9.47 Å². The number of aryl methyl sites for hydroxylation is 1. The second kappa shape index (κ2) is 7.56. The molecule has 134 valence electrons. The van der Waals surface area contributed by atoms with Gasteiger partial charge in [0.15, 0.2) is 0 Å². The molecule has 0 N–H and O–H groups in total. The highest BCUT2D eigenvalue weighted by atomic mass is 32.2.